The van der Waals surface area contributed by atoms with Crippen LogP contribution < -0.4 is 10.6 Å². The standard InChI is InChI=1S/C16H19FN4OS.ClH/c17-13-4-2-1-3-11(13)10-23-8-7-19-16(22)15-12-9-18-6-5-14(12)20-21-15;/h1-4,18H,5-10H2,(H,19,22)(H,20,21);1H. The number of benzene rings is 1. The van der Waals surface area contributed by atoms with Gasteiger partial charge in [-0.15, -0.1) is 12.4 Å². The van der Waals surface area contributed by atoms with Crippen LogP contribution >= 0.6 is 24.2 Å². The molecule has 0 aliphatic carbocycles. The first-order chi connectivity index (χ1) is 11.3. The Morgan fingerprint density at radius 1 is 1.38 bits per heavy atom. The molecule has 0 saturated heterocycles. The van der Waals surface area contributed by atoms with Crippen LogP contribution in [0.2, 0.25) is 0 Å². The maximum Gasteiger partial charge on any atom is 0.272 e. The molecule has 2 aromatic rings. The number of carbonyl (C=O) groups is 1. The molecule has 1 amide bonds. The highest BCUT2D eigenvalue weighted by Gasteiger charge is 2.20. The lowest BCUT2D eigenvalue weighted by Crippen LogP contribution is -2.29. The topological polar surface area (TPSA) is 69.8 Å². The molecule has 3 rings (SSSR count). The van der Waals surface area contributed by atoms with E-state index in [1.165, 1.54) is 6.07 Å². The summed E-state index contributed by atoms with van der Waals surface area (Å²) in [6.07, 6.45) is 0.869. The van der Waals surface area contributed by atoms with Crippen molar-refractivity contribution in [3.8, 4) is 0 Å². The van der Waals surface area contributed by atoms with Crippen molar-refractivity contribution in [2.45, 2.75) is 18.7 Å². The van der Waals surface area contributed by atoms with Gasteiger partial charge in [0.05, 0.1) is 0 Å². The molecular formula is C16H20ClFN4OS. The molecule has 0 spiro atoms. The van der Waals surface area contributed by atoms with E-state index in [0.717, 1.165) is 30.0 Å². The van der Waals surface area contributed by atoms with Crippen molar-refractivity contribution in [3.05, 3.63) is 52.6 Å². The molecule has 1 aromatic heterocycles. The van der Waals surface area contributed by atoms with Gasteiger partial charge in [0.2, 0.25) is 0 Å². The van der Waals surface area contributed by atoms with Crippen molar-refractivity contribution >= 4 is 30.1 Å². The number of halogens is 2. The van der Waals surface area contributed by atoms with Gasteiger partial charge < -0.3 is 10.6 Å². The normalized spacial score (nSPS) is 13.0. The smallest absolute Gasteiger partial charge is 0.272 e. The summed E-state index contributed by atoms with van der Waals surface area (Å²) in [4.78, 5) is 12.2. The molecule has 0 radical (unpaired) electrons. The van der Waals surface area contributed by atoms with Gasteiger partial charge in [-0.2, -0.15) is 16.9 Å². The van der Waals surface area contributed by atoms with Crippen LogP contribution in [-0.4, -0.2) is 34.9 Å². The number of carbonyl (C=O) groups excluding carboxylic acids is 1. The van der Waals surface area contributed by atoms with Gasteiger partial charge in [-0.1, -0.05) is 18.2 Å². The Morgan fingerprint density at radius 2 is 2.21 bits per heavy atom. The number of aromatic amines is 1. The predicted octanol–water partition coefficient (Wildman–Crippen LogP) is 2.28. The zero-order valence-corrected chi connectivity index (χ0v) is 14.7. The van der Waals surface area contributed by atoms with Gasteiger partial charge in [-0.05, 0) is 11.6 Å². The molecule has 1 aliphatic heterocycles. The zero-order chi connectivity index (χ0) is 16.1. The van der Waals surface area contributed by atoms with Crippen molar-refractivity contribution in [1.29, 1.82) is 0 Å². The average molecular weight is 371 g/mol. The third kappa shape index (κ3) is 4.49. The molecule has 24 heavy (non-hydrogen) atoms. The number of aromatic nitrogens is 2. The minimum atomic E-state index is -0.181. The first-order valence-electron chi connectivity index (χ1n) is 7.62. The Kier molecular flexibility index (Phi) is 7.08. The fourth-order valence-corrected chi connectivity index (χ4v) is 3.38. The second-order valence-electron chi connectivity index (χ2n) is 5.36. The summed E-state index contributed by atoms with van der Waals surface area (Å²) >= 11 is 1.59. The minimum absolute atomic E-state index is 0. The quantitative estimate of drug-likeness (QED) is 0.682. The van der Waals surface area contributed by atoms with Gasteiger partial charge in [0.15, 0.2) is 5.69 Å². The molecule has 1 aliphatic rings. The highest BCUT2D eigenvalue weighted by molar-refractivity contribution is 7.98. The third-order valence-corrected chi connectivity index (χ3v) is 4.78. The van der Waals surface area contributed by atoms with Crippen molar-refractivity contribution in [2.75, 3.05) is 18.8 Å². The fourth-order valence-electron chi connectivity index (χ4n) is 2.53. The van der Waals surface area contributed by atoms with E-state index in [1.54, 1.807) is 23.9 Å². The number of fused-ring (bicyclic) bond motifs is 1. The van der Waals surface area contributed by atoms with E-state index in [0.29, 0.717) is 30.1 Å². The second-order valence-corrected chi connectivity index (χ2v) is 6.46. The summed E-state index contributed by atoms with van der Waals surface area (Å²) in [6, 6.07) is 6.76. The van der Waals surface area contributed by atoms with Gasteiger partial charge in [0, 0.05) is 48.8 Å². The Labute approximate surface area is 150 Å². The second kappa shape index (κ2) is 9.05. The van der Waals surface area contributed by atoms with Crippen LogP contribution in [0.3, 0.4) is 0 Å². The van der Waals surface area contributed by atoms with Crippen LogP contribution in [0.4, 0.5) is 4.39 Å². The van der Waals surface area contributed by atoms with Crippen LogP contribution in [0.1, 0.15) is 27.3 Å². The number of rotatable bonds is 6. The summed E-state index contributed by atoms with van der Waals surface area (Å²) < 4.78 is 13.5. The van der Waals surface area contributed by atoms with Crippen LogP contribution in [0, 0.1) is 5.82 Å². The molecule has 8 heteroatoms. The number of nitrogens with zero attached hydrogens (tertiary/aromatic N) is 1. The van der Waals surface area contributed by atoms with Gasteiger partial charge >= 0.3 is 0 Å². The molecule has 130 valence electrons. The molecule has 0 bridgehead atoms. The Morgan fingerprint density at radius 3 is 3.04 bits per heavy atom. The van der Waals surface area contributed by atoms with E-state index < -0.39 is 0 Å². The summed E-state index contributed by atoms with van der Waals surface area (Å²) in [5.74, 6) is 0.993. The average Bonchev–Trinajstić information content (AvgIpc) is 3.00. The van der Waals surface area contributed by atoms with Gasteiger partial charge in [-0.3, -0.25) is 9.89 Å². The Hall–Kier alpha value is -1.57. The SMILES string of the molecule is Cl.O=C(NCCSCc1ccccc1F)c1n[nH]c2c1CNCC2. The van der Waals surface area contributed by atoms with Crippen LogP contribution in [0.25, 0.3) is 0 Å². The number of amides is 1. The van der Waals surface area contributed by atoms with Crippen molar-refractivity contribution in [2.24, 2.45) is 0 Å². The molecule has 0 fully saturated rings. The number of hydrogen-bond donors (Lipinski definition) is 3. The highest BCUT2D eigenvalue weighted by Crippen LogP contribution is 2.16. The van der Waals surface area contributed by atoms with E-state index in [9.17, 15) is 9.18 Å². The Balaban J connectivity index is 0.00000208. The van der Waals surface area contributed by atoms with Crippen LogP contribution in [0.5, 0.6) is 0 Å². The van der Waals surface area contributed by atoms with Crippen LogP contribution in [-0.2, 0) is 18.7 Å². The van der Waals surface area contributed by atoms with Gasteiger partial charge in [-0.25, -0.2) is 4.39 Å². The lowest BCUT2D eigenvalue weighted by atomic mass is 10.1. The fraction of sp³-hybridized carbons (Fsp3) is 0.375. The van der Waals surface area contributed by atoms with Crippen molar-refractivity contribution in [3.63, 3.8) is 0 Å². The minimum Gasteiger partial charge on any atom is -0.350 e. The third-order valence-electron chi connectivity index (χ3n) is 3.77. The summed E-state index contributed by atoms with van der Waals surface area (Å²) in [7, 11) is 0. The first kappa shape index (κ1) is 18.8. The molecule has 1 aromatic carbocycles. The van der Waals surface area contributed by atoms with E-state index in [4.69, 9.17) is 0 Å². The maximum atomic E-state index is 13.5. The largest absolute Gasteiger partial charge is 0.350 e. The first-order valence-corrected chi connectivity index (χ1v) is 8.77. The lowest BCUT2D eigenvalue weighted by Gasteiger charge is -2.12. The molecule has 3 N–H and O–H groups in total. The van der Waals surface area contributed by atoms with E-state index in [1.807, 2.05) is 6.07 Å². The molecule has 0 atom stereocenters. The van der Waals surface area contributed by atoms with E-state index in [2.05, 4.69) is 20.8 Å². The van der Waals surface area contributed by atoms with Crippen LogP contribution in [0.15, 0.2) is 24.3 Å². The summed E-state index contributed by atoms with van der Waals surface area (Å²) in [5, 5.41) is 13.2. The van der Waals surface area contributed by atoms with E-state index in [-0.39, 0.29) is 24.1 Å². The molecule has 0 unspecified atom stereocenters. The number of thioether (sulfide) groups is 1. The Bertz CT molecular complexity index is 694. The zero-order valence-electron chi connectivity index (χ0n) is 13.1. The molecular weight excluding hydrogens is 351 g/mol. The van der Waals surface area contributed by atoms with Gasteiger partial charge in [0.1, 0.15) is 5.82 Å². The van der Waals surface area contributed by atoms with Crippen molar-refractivity contribution < 1.29 is 9.18 Å². The monoisotopic (exact) mass is 370 g/mol. The number of nitrogens with one attached hydrogen (secondary N) is 3. The number of hydrogen-bond acceptors (Lipinski definition) is 4. The predicted molar refractivity (Wildman–Crippen MR) is 96.1 cm³/mol. The van der Waals surface area contributed by atoms with E-state index >= 15 is 0 Å². The maximum absolute atomic E-state index is 13.5. The molecule has 0 saturated carbocycles. The lowest BCUT2D eigenvalue weighted by molar-refractivity contribution is 0.0950. The van der Waals surface area contributed by atoms with Crippen molar-refractivity contribution in [1.82, 2.24) is 20.8 Å². The molecule has 5 nitrogen and oxygen atoms in total. The highest BCUT2D eigenvalue weighted by atomic mass is 35.5. The molecule has 2 heterocycles. The summed E-state index contributed by atoms with van der Waals surface area (Å²) in [5.41, 5.74) is 3.18. The van der Waals surface area contributed by atoms with Gasteiger partial charge in [0.25, 0.3) is 5.91 Å². The number of H-pyrrole nitrogens is 1. The summed E-state index contributed by atoms with van der Waals surface area (Å²) in [6.45, 7) is 2.12.